The number of aryl methyl sites for hydroxylation is 1. The molecule has 0 N–H and O–H groups in total. The van der Waals surface area contributed by atoms with E-state index in [0.29, 0.717) is 5.41 Å². The third-order valence-corrected chi connectivity index (χ3v) is 6.76. The van der Waals surface area contributed by atoms with E-state index in [-0.39, 0.29) is 5.91 Å². The standard InChI is InChI=1S/C24H31N3O/c1-19-4-5-22(18-25-19)20-6-8-21(9-7-20)23(28)27-16-12-24(13-17-27)10-3-14-26(2)15-11-24/h4-9,18H,3,10-17H2,1-2H3. The van der Waals surface area contributed by atoms with Crippen LogP contribution in [0, 0.1) is 12.3 Å². The minimum absolute atomic E-state index is 0.175. The lowest BCUT2D eigenvalue weighted by atomic mass is 9.73. The van der Waals surface area contributed by atoms with Crippen molar-refractivity contribution in [2.75, 3.05) is 33.2 Å². The van der Waals surface area contributed by atoms with Gasteiger partial charge in [0.1, 0.15) is 0 Å². The van der Waals surface area contributed by atoms with Crippen molar-refractivity contribution in [2.45, 2.75) is 39.0 Å². The van der Waals surface area contributed by atoms with Gasteiger partial charge in [0, 0.05) is 36.1 Å². The molecule has 0 unspecified atom stereocenters. The number of rotatable bonds is 2. The first kappa shape index (κ1) is 19.1. The summed E-state index contributed by atoms with van der Waals surface area (Å²) in [5.74, 6) is 0.175. The first-order valence-electron chi connectivity index (χ1n) is 10.6. The highest BCUT2D eigenvalue weighted by atomic mass is 16.2. The summed E-state index contributed by atoms with van der Waals surface area (Å²) in [4.78, 5) is 21.9. The number of pyridine rings is 1. The monoisotopic (exact) mass is 377 g/mol. The van der Waals surface area contributed by atoms with Crippen molar-refractivity contribution < 1.29 is 4.79 Å². The van der Waals surface area contributed by atoms with Crippen molar-refractivity contribution in [3.05, 3.63) is 53.9 Å². The van der Waals surface area contributed by atoms with E-state index < -0.39 is 0 Å². The van der Waals surface area contributed by atoms with Crippen molar-refractivity contribution in [1.82, 2.24) is 14.8 Å². The van der Waals surface area contributed by atoms with E-state index in [0.717, 1.165) is 48.3 Å². The third-order valence-electron chi connectivity index (χ3n) is 6.76. The lowest BCUT2D eigenvalue weighted by Gasteiger charge is -2.41. The van der Waals surface area contributed by atoms with E-state index in [1.165, 1.54) is 32.4 Å². The van der Waals surface area contributed by atoms with Gasteiger partial charge in [0.05, 0.1) is 0 Å². The highest BCUT2D eigenvalue weighted by Gasteiger charge is 2.36. The Kier molecular flexibility index (Phi) is 5.49. The topological polar surface area (TPSA) is 36.4 Å². The molecular weight excluding hydrogens is 346 g/mol. The molecule has 2 aliphatic heterocycles. The molecule has 28 heavy (non-hydrogen) atoms. The first-order valence-corrected chi connectivity index (χ1v) is 10.6. The van der Waals surface area contributed by atoms with Crippen molar-refractivity contribution >= 4 is 5.91 Å². The van der Waals surface area contributed by atoms with Crippen LogP contribution in [-0.4, -0.2) is 53.9 Å². The molecule has 4 heteroatoms. The van der Waals surface area contributed by atoms with Crippen LogP contribution >= 0.6 is 0 Å². The summed E-state index contributed by atoms with van der Waals surface area (Å²) in [5, 5.41) is 0. The Labute approximate surface area is 168 Å². The summed E-state index contributed by atoms with van der Waals surface area (Å²) in [6.45, 7) is 6.19. The Hall–Kier alpha value is -2.20. The lowest BCUT2D eigenvalue weighted by Crippen LogP contribution is -2.43. The molecular formula is C24H31N3O. The zero-order valence-corrected chi connectivity index (χ0v) is 17.2. The molecule has 1 aromatic carbocycles. The highest BCUT2D eigenvalue weighted by Crippen LogP contribution is 2.41. The summed E-state index contributed by atoms with van der Waals surface area (Å²) in [6, 6.07) is 12.1. The van der Waals surface area contributed by atoms with Crippen LogP contribution in [0.2, 0.25) is 0 Å². The molecule has 0 saturated carbocycles. The van der Waals surface area contributed by atoms with Crippen LogP contribution in [0.4, 0.5) is 0 Å². The normalized spacial score (nSPS) is 20.1. The molecule has 2 aromatic rings. The number of amides is 1. The van der Waals surface area contributed by atoms with Crippen LogP contribution in [0.3, 0.4) is 0 Å². The number of nitrogens with zero attached hydrogens (tertiary/aromatic N) is 3. The quantitative estimate of drug-likeness (QED) is 0.778. The molecule has 3 heterocycles. The van der Waals surface area contributed by atoms with Gasteiger partial charge in [0.2, 0.25) is 0 Å². The zero-order valence-electron chi connectivity index (χ0n) is 17.2. The van der Waals surface area contributed by atoms with Crippen LogP contribution in [0.1, 0.15) is 48.2 Å². The smallest absolute Gasteiger partial charge is 0.253 e. The van der Waals surface area contributed by atoms with Crippen LogP contribution in [0.25, 0.3) is 11.1 Å². The average molecular weight is 378 g/mol. The van der Waals surface area contributed by atoms with Gasteiger partial charge in [0.15, 0.2) is 0 Å². The van der Waals surface area contributed by atoms with Crippen LogP contribution < -0.4 is 0 Å². The van der Waals surface area contributed by atoms with E-state index in [9.17, 15) is 4.79 Å². The predicted octanol–water partition coefficient (Wildman–Crippen LogP) is 4.40. The SMILES string of the molecule is Cc1ccc(-c2ccc(C(=O)N3CCC4(CCCN(C)CC4)CC3)cc2)cn1. The molecule has 2 aliphatic rings. The maximum Gasteiger partial charge on any atom is 0.253 e. The van der Waals surface area contributed by atoms with Crippen molar-refractivity contribution in [1.29, 1.82) is 0 Å². The fourth-order valence-electron chi connectivity index (χ4n) is 4.70. The molecule has 0 radical (unpaired) electrons. The molecule has 1 spiro atoms. The molecule has 0 atom stereocenters. The predicted molar refractivity (Wildman–Crippen MR) is 113 cm³/mol. The van der Waals surface area contributed by atoms with Gasteiger partial charge < -0.3 is 9.80 Å². The minimum atomic E-state index is 0.175. The molecule has 2 fully saturated rings. The van der Waals surface area contributed by atoms with Gasteiger partial charge >= 0.3 is 0 Å². The van der Waals surface area contributed by atoms with Crippen molar-refractivity contribution in [3.63, 3.8) is 0 Å². The number of carbonyl (C=O) groups excluding carboxylic acids is 1. The Morgan fingerprint density at radius 2 is 1.57 bits per heavy atom. The van der Waals surface area contributed by atoms with E-state index in [1.807, 2.05) is 43.5 Å². The molecule has 1 amide bonds. The Morgan fingerprint density at radius 3 is 2.25 bits per heavy atom. The fraction of sp³-hybridized carbons (Fsp3) is 0.500. The molecule has 1 aromatic heterocycles. The second-order valence-electron chi connectivity index (χ2n) is 8.71. The summed E-state index contributed by atoms with van der Waals surface area (Å²) >= 11 is 0. The number of aromatic nitrogens is 1. The lowest BCUT2D eigenvalue weighted by molar-refractivity contribution is 0.0542. The number of carbonyl (C=O) groups is 1. The van der Waals surface area contributed by atoms with Gasteiger partial charge in [-0.05, 0) is 88.3 Å². The summed E-state index contributed by atoms with van der Waals surface area (Å²) in [7, 11) is 2.23. The van der Waals surface area contributed by atoms with Crippen LogP contribution in [-0.2, 0) is 0 Å². The average Bonchev–Trinajstić information content (AvgIpc) is 2.90. The van der Waals surface area contributed by atoms with Crippen LogP contribution in [0.5, 0.6) is 0 Å². The molecule has 4 rings (SSSR count). The molecule has 0 bridgehead atoms. The molecule has 4 nitrogen and oxygen atoms in total. The number of hydrogen-bond donors (Lipinski definition) is 0. The summed E-state index contributed by atoms with van der Waals surface area (Å²) in [6.07, 6.45) is 8.09. The minimum Gasteiger partial charge on any atom is -0.339 e. The van der Waals surface area contributed by atoms with Crippen LogP contribution in [0.15, 0.2) is 42.6 Å². The molecule has 2 saturated heterocycles. The van der Waals surface area contributed by atoms with E-state index in [4.69, 9.17) is 0 Å². The summed E-state index contributed by atoms with van der Waals surface area (Å²) < 4.78 is 0. The second kappa shape index (κ2) is 8.04. The highest BCUT2D eigenvalue weighted by molar-refractivity contribution is 5.94. The number of piperidine rings is 1. The zero-order chi connectivity index (χ0) is 19.6. The number of hydrogen-bond acceptors (Lipinski definition) is 3. The van der Waals surface area contributed by atoms with E-state index >= 15 is 0 Å². The van der Waals surface area contributed by atoms with Gasteiger partial charge in [0.25, 0.3) is 5.91 Å². The maximum absolute atomic E-state index is 13.0. The van der Waals surface area contributed by atoms with Gasteiger partial charge in [-0.1, -0.05) is 18.2 Å². The molecule has 0 aliphatic carbocycles. The number of benzene rings is 1. The fourth-order valence-corrected chi connectivity index (χ4v) is 4.70. The van der Waals surface area contributed by atoms with Crippen molar-refractivity contribution in [2.24, 2.45) is 5.41 Å². The second-order valence-corrected chi connectivity index (χ2v) is 8.71. The van der Waals surface area contributed by atoms with E-state index in [1.54, 1.807) is 0 Å². The summed E-state index contributed by atoms with van der Waals surface area (Å²) in [5.41, 5.74) is 4.45. The first-order chi connectivity index (χ1) is 13.5. The Bertz CT molecular complexity index is 805. The van der Waals surface area contributed by atoms with Gasteiger partial charge in [-0.2, -0.15) is 0 Å². The van der Waals surface area contributed by atoms with Gasteiger partial charge in [-0.25, -0.2) is 0 Å². The van der Waals surface area contributed by atoms with E-state index in [2.05, 4.69) is 27.9 Å². The Morgan fingerprint density at radius 1 is 0.893 bits per heavy atom. The van der Waals surface area contributed by atoms with Crippen molar-refractivity contribution in [3.8, 4) is 11.1 Å². The third kappa shape index (κ3) is 4.12. The number of likely N-dealkylation sites (tertiary alicyclic amines) is 2. The maximum atomic E-state index is 13.0. The van der Waals surface area contributed by atoms with Gasteiger partial charge in [-0.3, -0.25) is 9.78 Å². The largest absolute Gasteiger partial charge is 0.339 e. The van der Waals surface area contributed by atoms with Gasteiger partial charge in [-0.15, -0.1) is 0 Å². The Balaban J connectivity index is 1.39. The molecule has 148 valence electrons.